The quantitative estimate of drug-likeness (QED) is 0.357. The first-order valence-electron chi connectivity index (χ1n) is 6.92. The third-order valence-electron chi connectivity index (χ3n) is 4.63. The lowest BCUT2D eigenvalue weighted by atomic mass is 9.78. The number of benzene rings is 1. The maximum atomic E-state index is 12.7. The van der Waals surface area contributed by atoms with E-state index in [4.69, 9.17) is 4.74 Å². The van der Waals surface area contributed by atoms with Gasteiger partial charge < -0.3 is 4.74 Å². The van der Waals surface area contributed by atoms with E-state index in [1.165, 1.54) is 24.3 Å². The van der Waals surface area contributed by atoms with Gasteiger partial charge in [0.15, 0.2) is 0 Å². The zero-order valence-corrected chi connectivity index (χ0v) is 11.6. The van der Waals surface area contributed by atoms with E-state index in [1.54, 1.807) is 6.92 Å². The zero-order valence-electron chi connectivity index (χ0n) is 11.6. The van der Waals surface area contributed by atoms with Gasteiger partial charge in [-0.3, -0.25) is 19.7 Å². The normalized spacial score (nSPS) is 35.3. The van der Waals surface area contributed by atoms with E-state index in [1.807, 2.05) is 12.2 Å². The summed E-state index contributed by atoms with van der Waals surface area (Å²) in [6.07, 6.45) is 3.24. The molecule has 3 aliphatic rings. The van der Waals surface area contributed by atoms with E-state index in [9.17, 15) is 19.7 Å². The first-order valence-corrected chi connectivity index (χ1v) is 6.92. The summed E-state index contributed by atoms with van der Waals surface area (Å²) < 4.78 is 5.73. The summed E-state index contributed by atoms with van der Waals surface area (Å²) in [5, 5.41) is 10.9. The Kier molecular flexibility index (Phi) is 2.40. The molecule has 0 aliphatic carbocycles. The monoisotopic (exact) mass is 300 g/mol. The number of carbonyl (C=O) groups is 2. The average Bonchev–Trinajstić information content (AvgIpc) is 3.08. The van der Waals surface area contributed by atoms with E-state index in [2.05, 4.69) is 0 Å². The summed E-state index contributed by atoms with van der Waals surface area (Å²) in [6, 6.07) is 5.57. The van der Waals surface area contributed by atoms with Gasteiger partial charge in [-0.1, -0.05) is 18.2 Å². The number of nitro groups is 1. The summed E-state index contributed by atoms with van der Waals surface area (Å²) in [4.78, 5) is 36.7. The lowest BCUT2D eigenvalue weighted by molar-refractivity contribution is -0.384. The van der Waals surface area contributed by atoms with Gasteiger partial charge >= 0.3 is 0 Å². The molecule has 0 aromatic heterocycles. The molecule has 2 fully saturated rings. The van der Waals surface area contributed by atoms with Crippen molar-refractivity contribution in [2.45, 2.75) is 18.6 Å². The molecular weight excluding hydrogens is 288 g/mol. The van der Waals surface area contributed by atoms with Gasteiger partial charge in [-0.05, 0) is 13.0 Å². The van der Waals surface area contributed by atoms with Crippen LogP contribution in [0.5, 0.6) is 0 Å². The highest BCUT2D eigenvalue weighted by Gasteiger charge is 2.66. The van der Waals surface area contributed by atoms with Gasteiger partial charge in [-0.25, -0.2) is 4.90 Å². The predicted octanol–water partition coefficient (Wildman–Crippen LogP) is 1.43. The molecular formula is C15H12N2O5. The third-order valence-corrected chi connectivity index (χ3v) is 4.63. The van der Waals surface area contributed by atoms with Gasteiger partial charge in [-0.2, -0.15) is 0 Å². The van der Waals surface area contributed by atoms with E-state index in [0.717, 1.165) is 4.90 Å². The lowest BCUT2D eigenvalue weighted by Crippen LogP contribution is -2.38. The second-order valence-electron chi connectivity index (χ2n) is 5.92. The molecule has 0 N–H and O–H groups in total. The maximum absolute atomic E-state index is 12.7. The highest BCUT2D eigenvalue weighted by molar-refractivity contribution is 6.23. The largest absolute Gasteiger partial charge is 0.362 e. The third kappa shape index (κ3) is 1.48. The van der Waals surface area contributed by atoms with Crippen LogP contribution in [0.2, 0.25) is 0 Å². The van der Waals surface area contributed by atoms with Gasteiger partial charge in [0, 0.05) is 12.1 Å². The number of ether oxygens (including phenoxy) is 1. The fraction of sp³-hybridized carbons (Fsp3) is 0.333. The number of hydrogen-bond acceptors (Lipinski definition) is 5. The molecule has 0 saturated carbocycles. The van der Waals surface area contributed by atoms with Gasteiger partial charge in [0.2, 0.25) is 11.8 Å². The Labute approximate surface area is 125 Å². The van der Waals surface area contributed by atoms with Crippen LogP contribution in [0.4, 0.5) is 11.4 Å². The number of imide groups is 1. The minimum atomic E-state index is -0.766. The summed E-state index contributed by atoms with van der Waals surface area (Å²) >= 11 is 0. The Hall–Kier alpha value is -2.54. The van der Waals surface area contributed by atoms with Crippen molar-refractivity contribution in [2.24, 2.45) is 11.8 Å². The number of nitrogens with zero attached hydrogens (tertiary/aromatic N) is 2. The van der Waals surface area contributed by atoms with Crippen LogP contribution in [0.15, 0.2) is 36.4 Å². The van der Waals surface area contributed by atoms with Crippen molar-refractivity contribution in [2.75, 3.05) is 4.90 Å². The number of hydrogen-bond donors (Lipinski definition) is 0. The standard InChI is InChI=1S/C15H12N2O5/c1-15-6-5-10(22-15)11-12(15)14(19)16(13(11)18)8-3-2-4-9(7-8)17(20)21/h2-7,10-12H,1H3/t10-,11+,12+,15+/m1/s1. The minimum absolute atomic E-state index is 0.154. The summed E-state index contributed by atoms with van der Waals surface area (Å²) in [5.41, 5.74) is -0.683. The molecule has 4 atom stereocenters. The molecule has 7 nitrogen and oxygen atoms in total. The Morgan fingerprint density at radius 3 is 2.77 bits per heavy atom. The average molecular weight is 300 g/mol. The van der Waals surface area contributed by atoms with Crippen molar-refractivity contribution < 1.29 is 19.2 Å². The van der Waals surface area contributed by atoms with Crippen LogP contribution < -0.4 is 4.90 Å². The number of anilines is 1. The molecule has 2 bridgehead atoms. The second kappa shape index (κ2) is 4.01. The highest BCUT2D eigenvalue weighted by atomic mass is 16.6. The second-order valence-corrected chi connectivity index (χ2v) is 5.92. The molecule has 7 heteroatoms. The van der Waals surface area contributed by atoms with Crippen molar-refractivity contribution in [3.05, 3.63) is 46.5 Å². The van der Waals surface area contributed by atoms with Crippen molar-refractivity contribution in [3.8, 4) is 0 Å². The van der Waals surface area contributed by atoms with Gasteiger partial charge in [0.25, 0.3) is 5.69 Å². The molecule has 0 spiro atoms. The van der Waals surface area contributed by atoms with E-state index in [0.29, 0.717) is 0 Å². The van der Waals surface area contributed by atoms with E-state index in [-0.39, 0.29) is 23.2 Å². The molecule has 3 heterocycles. The molecule has 0 radical (unpaired) electrons. The first-order chi connectivity index (χ1) is 10.4. The zero-order chi connectivity index (χ0) is 15.6. The van der Waals surface area contributed by atoms with Gasteiger partial charge in [0.1, 0.15) is 0 Å². The number of carbonyl (C=O) groups excluding carboxylic acids is 2. The molecule has 1 aromatic carbocycles. The van der Waals surface area contributed by atoms with E-state index >= 15 is 0 Å². The molecule has 22 heavy (non-hydrogen) atoms. The van der Waals surface area contributed by atoms with Gasteiger partial charge in [-0.15, -0.1) is 0 Å². The number of nitro benzene ring substituents is 1. The molecule has 112 valence electrons. The predicted molar refractivity (Wildman–Crippen MR) is 75.0 cm³/mol. The topological polar surface area (TPSA) is 89.8 Å². The van der Waals surface area contributed by atoms with Crippen LogP contribution in [0, 0.1) is 22.0 Å². The highest BCUT2D eigenvalue weighted by Crippen LogP contribution is 2.52. The summed E-state index contributed by atoms with van der Waals surface area (Å²) in [7, 11) is 0. The van der Waals surface area contributed by atoms with Crippen molar-refractivity contribution >= 4 is 23.2 Å². The number of rotatable bonds is 2. The lowest BCUT2D eigenvalue weighted by Gasteiger charge is -2.24. The Morgan fingerprint density at radius 2 is 2.09 bits per heavy atom. The summed E-state index contributed by atoms with van der Waals surface area (Å²) in [6.45, 7) is 1.79. The number of fused-ring (bicyclic) bond motifs is 5. The Bertz CT molecular complexity index is 758. The molecule has 3 aliphatic heterocycles. The minimum Gasteiger partial charge on any atom is -0.362 e. The van der Waals surface area contributed by atoms with Crippen molar-refractivity contribution in [3.63, 3.8) is 0 Å². The van der Waals surface area contributed by atoms with Crippen LogP contribution in [0.25, 0.3) is 0 Å². The van der Waals surface area contributed by atoms with Crippen molar-refractivity contribution in [1.82, 2.24) is 0 Å². The molecule has 2 amide bonds. The molecule has 1 aromatic rings. The molecule has 2 saturated heterocycles. The Morgan fingerprint density at radius 1 is 1.32 bits per heavy atom. The van der Waals surface area contributed by atoms with Gasteiger partial charge in [0.05, 0.1) is 34.2 Å². The smallest absolute Gasteiger partial charge is 0.271 e. The fourth-order valence-electron chi connectivity index (χ4n) is 3.65. The SMILES string of the molecule is C[C@@]12C=C[C@@H](O1)[C@@H]1C(=O)N(c3cccc([N+](=O)[O-])c3)C(=O)[C@H]12. The number of amides is 2. The fourth-order valence-corrected chi connectivity index (χ4v) is 3.65. The van der Waals surface area contributed by atoms with Crippen LogP contribution in [-0.2, 0) is 14.3 Å². The molecule has 4 rings (SSSR count). The number of non-ortho nitro benzene ring substituents is 1. The van der Waals surface area contributed by atoms with Crippen molar-refractivity contribution in [1.29, 1.82) is 0 Å². The van der Waals surface area contributed by atoms with Crippen LogP contribution >= 0.6 is 0 Å². The Balaban J connectivity index is 1.77. The van der Waals surface area contributed by atoms with E-state index < -0.39 is 28.5 Å². The maximum Gasteiger partial charge on any atom is 0.271 e. The molecule has 0 unspecified atom stereocenters. The van der Waals surface area contributed by atoms with Crippen LogP contribution in [-0.4, -0.2) is 28.4 Å². The summed E-state index contributed by atoms with van der Waals surface area (Å²) in [5.74, 6) is -1.81. The van der Waals surface area contributed by atoms with Crippen LogP contribution in [0.1, 0.15) is 6.92 Å². The van der Waals surface area contributed by atoms with Crippen LogP contribution in [0.3, 0.4) is 0 Å². The first kappa shape index (κ1) is 13.1.